The van der Waals surface area contributed by atoms with Crippen molar-refractivity contribution in [2.75, 3.05) is 13.1 Å². The number of rotatable bonds is 5. The van der Waals surface area contributed by atoms with Gasteiger partial charge >= 0.3 is 5.69 Å². The highest BCUT2D eigenvalue weighted by Gasteiger charge is 2.57. The average molecular weight is 433 g/mol. The van der Waals surface area contributed by atoms with E-state index in [1.165, 1.54) is 5.56 Å². The fourth-order valence-electron chi connectivity index (χ4n) is 4.67. The smallest absolute Gasteiger partial charge is 0.326 e. The molecule has 3 aromatic rings. The van der Waals surface area contributed by atoms with Gasteiger partial charge in [0.25, 0.3) is 0 Å². The lowest BCUT2D eigenvalue weighted by molar-refractivity contribution is -0.133. The number of carbonyl (C=O) groups is 1. The zero-order valence-corrected chi connectivity index (χ0v) is 17.7. The van der Waals surface area contributed by atoms with Crippen molar-refractivity contribution in [2.24, 2.45) is 5.41 Å². The Morgan fingerprint density at radius 2 is 2.03 bits per heavy atom. The maximum absolute atomic E-state index is 13.4. The number of H-pyrrole nitrogens is 1. The van der Waals surface area contributed by atoms with Crippen LogP contribution >= 0.6 is 23.7 Å². The number of nitrogens with one attached hydrogen (secondary N) is 2. The second-order valence-corrected chi connectivity index (χ2v) is 8.80. The predicted octanol–water partition coefficient (Wildman–Crippen LogP) is 2.98. The van der Waals surface area contributed by atoms with Crippen LogP contribution in [0, 0.1) is 5.41 Å². The van der Waals surface area contributed by atoms with Gasteiger partial charge in [-0.3, -0.25) is 9.36 Å². The fraction of sp³-hybridized carbons (Fsp3) is 0.429. The van der Waals surface area contributed by atoms with Gasteiger partial charge in [0.05, 0.1) is 11.0 Å². The van der Waals surface area contributed by atoms with Crippen molar-refractivity contribution in [3.63, 3.8) is 0 Å². The van der Waals surface area contributed by atoms with Crippen molar-refractivity contribution in [2.45, 2.75) is 38.4 Å². The van der Waals surface area contributed by atoms with E-state index in [4.69, 9.17) is 0 Å². The van der Waals surface area contributed by atoms with E-state index in [2.05, 4.69) is 27.1 Å². The Hall–Kier alpha value is -2.09. The Morgan fingerprint density at radius 1 is 1.24 bits per heavy atom. The van der Waals surface area contributed by atoms with E-state index >= 15 is 0 Å². The number of aromatic nitrogens is 2. The lowest BCUT2D eigenvalue weighted by atomic mass is 9.93. The Kier molecular flexibility index (Phi) is 5.55. The van der Waals surface area contributed by atoms with E-state index in [0.29, 0.717) is 6.54 Å². The number of amides is 1. The molecular formula is C21H25ClN4O2S. The van der Waals surface area contributed by atoms with Crippen molar-refractivity contribution < 1.29 is 4.79 Å². The summed E-state index contributed by atoms with van der Waals surface area (Å²) < 4.78 is 1.57. The Morgan fingerprint density at radius 3 is 2.79 bits per heavy atom. The molecule has 2 N–H and O–H groups in total. The maximum Gasteiger partial charge on any atom is 0.326 e. The molecule has 8 heteroatoms. The Labute approximate surface area is 179 Å². The summed E-state index contributed by atoms with van der Waals surface area (Å²) in [5, 5.41) is 7.58. The number of thiophene rings is 1. The van der Waals surface area contributed by atoms with E-state index in [9.17, 15) is 9.59 Å². The van der Waals surface area contributed by atoms with Gasteiger partial charge in [-0.15, -0.1) is 12.4 Å². The largest absolute Gasteiger partial charge is 0.333 e. The maximum atomic E-state index is 13.4. The van der Waals surface area contributed by atoms with E-state index in [1.54, 1.807) is 15.9 Å². The summed E-state index contributed by atoms with van der Waals surface area (Å²) in [7, 11) is 0. The number of hydrogen-bond donors (Lipinski definition) is 2. The zero-order chi connectivity index (χ0) is 19.1. The van der Waals surface area contributed by atoms with Gasteiger partial charge < -0.3 is 15.2 Å². The summed E-state index contributed by atoms with van der Waals surface area (Å²) >= 11 is 1.65. The van der Waals surface area contributed by atoms with E-state index in [-0.39, 0.29) is 42.0 Å². The van der Waals surface area contributed by atoms with Gasteiger partial charge in [-0.1, -0.05) is 12.1 Å². The summed E-state index contributed by atoms with van der Waals surface area (Å²) in [5.41, 5.74) is 2.76. The van der Waals surface area contributed by atoms with Crippen molar-refractivity contribution in [1.29, 1.82) is 0 Å². The lowest BCUT2D eigenvalue weighted by Gasteiger charge is -2.29. The summed E-state index contributed by atoms with van der Waals surface area (Å²) in [4.78, 5) is 30.7. The Bertz CT molecular complexity index is 1050. The Balaban J connectivity index is 0.00000205. The first-order valence-corrected chi connectivity index (χ1v) is 10.8. The van der Waals surface area contributed by atoms with Gasteiger partial charge in [0.15, 0.2) is 0 Å². The summed E-state index contributed by atoms with van der Waals surface area (Å²) in [5.74, 6) is 0.0264. The molecule has 154 valence electrons. The van der Waals surface area contributed by atoms with Gasteiger partial charge in [-0.2, -0.15) is 11.3 Å². The molecule has 5 rings (SSSR count). The van der Waals surface area contributed by atoms with Crippen LogP contribution < -0.4 is 11.0 Å². The number of para-hydroxylation sites is 2. The van der Waals surface area contributed by atoms with Crippen molar-refractivity contribution in [3.8, 4) is 0 Å². The number of aromatic amines is 1. The molecule has 29 heavy (non-hydrogen) atoms. The first kappa shape index (κ1) is 20.2. The molecule has 2 aliphatic rings. The number of hydrogen-bond acceptors (Lipinski definition) is 4. The highest BCUT2D eigenvalue weighted by atomic mass is 35.5. The molecule has 1 saturated heterocycles. The third-order valence-corrected chi connectivity index (χ3v) is 7.08. The molecule has 2 aromatic heterocycles. The topological polar surface area (TPSA) is 70.1 Å². The molecule has 6 nitrogen and oxygen atoms in total. The molecule has 1 aliphatic heterocycles. The van der Waals surface area contributed by atoms with Crippen LogP contribution in [-0.4, -0.2) is 39.5 Å². The quantitative estimate of drug-likeness (QED) is 0.651. The molecule has 1 aromatic carbocycles. The summed E-state index contributed by atoms with van der Waals surface area (Å²) in [6.45, 7) is 2.76. The molecule has 0 radical (unpaired) electrons. The van der Waals surface area contributed by atoms with Crippen molar-refractivity contribution in [1.82, 2.24) is 19.8 Å². The van der Waals surface area contributed by atoms with E-state index < -0.39 is 0 Å². The van der Waals surface area contributed by atoms with Gasteiger partial charge in [0, 0.05) is 12.6 Å². The highest BCUT2D eigenvalue weighted by molar-refractivity contribution is 7.07. The van der Waals surface area contributed by atoms with Crippen molar-refractivity contribution in [3.05, 3.63) is 57.1 Å². The number of halogens is 1. The molecule has 2 fully saturated rings. The van der Waals surface area contributed by atoms with Gasteiger partial charge in [0.2, 0.25) is 5.91 Å². The highest BCUT2D eigenvalue weighted by Crippen LogP contribution is 2.56. The average Bonchev–Trinajstić information content (AvgIpc) is 3.05. The van der Waals surface area contributed by atoms with Crippen molar-refractivity contribution >= 4 is 40.7 Å². The van der Waals surface area contributed by atoms with Crippen LogP contribution in [0.5, 0.6) is 0 Å². The minimum Gasteiger partial charge on any atom is -0.333 e. The molecule has 0 bridgehead atoms. The summed E-state index contributed by atoms with van der Waals surface area (Å²) in [6, 6.07) is 9.90. The van der Waals surface area contributed by atoms with Crippen LogP contribution in [0.15, 0.2) is 45.9 Å². The molecule has 1 saturated carbocycles. The number of nitrogens with zero attached hydrogens (tertiary/aromatic N) is 2. The number of fused-ring (bicyclic) bond motifs is 1. The van der Waals surface area contributed by atoms with Crippen LogP contribution in [0.25, 0.3) is 11.0 Å². The standard InChI is InChI=1S/C21H24N4O2S.ClH/c26-19(13-24-17-4-2-1-3-16(17)23-20(24)27)25(12-15-5-10-28-14-15)18-11-21(18)6-8-22-9-7-21;/h1-5,10,14,18,22H,6-9,11-13H2,(H,23,27);1H. The monoisotopic (exact) mass is 432 g/mol. The van der Waals surface area contributed by atoms with Gasteiger partial charge in [-0.05, 0) is 72.3 Å². The second-order valence-electron chi connectivity index (χ2n) is 8.02. The van der Waals surface area contributed by atoms with E-state index in [0.717, 1.165) is 43.4 Å². The zero-order valence-electron chi connectivity index (χ0n) is 16.1. The van der Waals surface area contributed by atoms with Gasteiger partial charge in [-0.25, -0.2) is 4.79 Å². The van der Waals surface area contributed by atoms with Crippen LogP contribution in [0.2, 0.25) is 0 Å². The molecular weight excluding hydrogens is 408 g/mol. The number of piperidine rings is 1. The molecule has 1 spiro atoms. The van der Waals surface area contributed by atoms with E-state index in [1.807, 2.05) is 29.2 Å². The molecule has 1 amide bonds. The molecule has 3 heterocycles. The number of benzene rings is 1. The van der Waals surface area contributed by atoms with Crippen LogP contribution in [0.3, 0.4) is 0 Å². The fourth-order valence-corrected chi connectivity index (χ4v) is 5.33. The lowest BCUT2D eigenvalue weighted by Crippen LogP contribution is -2.41. The molecule has 1 aliphatic carbocycles. The first-order valence-electron chi connectivity index (χ1n) is 9.85. The predicted molar refractivity (Wildman–Crippen MR) is 118 cm³/mol. The minimum atomic E-state index is -0.225. The van der Waals surface area contributed by atoms with Crippen LogP contribution in [0.1, 0.15) is 24.8 Å². The van der Waals surface area contributed by atoms with Gasteiger partial charge in [0.1, 0.15) is 6.54 Å². The third-order valence-electron chi connectivity index (χ3n) is 6.35. The normalized spacial score (nSPS) is 19.8. The minimum absolute atomic E-state index is 0. The van der Waals surface area contributed by atoms with Crippen LogP contribution in [0.4, 0.5) is 0 Å². The molecule has 1 atom stereocenters. The molecule has 1 unspecified atom stereocenters. The SMILES string of the molecule is Cl.O=C(Cn1c(=O)[nH]c2ccccc21)N(Cc1ccsc1)C1CC12CCNCC2. The third kappa shape index (κ3) is 3.74. The summed E-state index contributed by atoms with van der Waals surface area (Å²) in [6.07, 6.45) is 3.32. The second kappa shape index (κ2) is 7.97. The number of imidazole rings is 1. The van der Waals surface area contributed by atoms with Crippen LogP contribution in [-0.2, 0) is 17.9 Å². The first-order chi connectivity index (χ1) is 13.7. The number of carbonyl (C=O) groups excluding carboxylic acids is 1.